The Balaban J connectivity index is 2.94. The SMILES string of the molecule is C=C/C(Br)=C(\Br)C1C(C(=O)Cl)C1(C)C. The van der Waals surface area contributed by atoms with Crippen molar-refractivity contribution in [3.05, 3.63) is 21.6 Å². The molecule has 0 amide bonds. The molecule has 0 aromatic rings. The van der Waals surface area contributed by atoms with E-state index in [2.05, 4.69) is 38.4 Å². The second-order valence-electron chi connectivity index (χ2n) is 3.98. The minimum Gasteiger partial charge on any atom is -0.281 e. The molecule has 0 aliphatic heterocycles. The van der Waals surface area contributed by atoms with Gasteiger partial charge in [0.1, 0.15) is 0 Å². The zero-order chi connectivity index (χ0) is 11.1. The van der Waals surface area contributed by atoms with E-state index in [-0.39, 0.29) is 22.5 Å². The van der Waals surface area contributed by atoms with E-state index in [1.54, 1.807) is 6.08 Å². The maximum atomic E-state index is 11.1. The summed E-state index contributed by atoms with van der Waals surface area (Å²) in [6.45, 7) is 7.73. The van der Waals surface area contributed by atoms with Crippen LogP contribution >= 0.6 is 43.5 Å². The standard InChI is InChI=1S/C10H11Br2ClO/c1-4-5(11)8(12)6-7(9(13)14)10(6,2)3/h4,6-7H,1H2,2-3H3/b8-5+. The van der Waals surface area contributed by atoms with Crippen LogP contribution in [0.25, 0.3) is 0 Å². The summed E-state index contributed by atoms with van der Waals surface area (Å²) in [6, 6.07) is 0. The predicted molar refractivity (Wildman–Crippen MR) is 66.7 cm³/mol. The molecule has 1 fully saturated rings. The molecule has 0 aromatic carbocycles. The first-order valence-electron chi connectivity index (χ1n) is 4.21. The van der Waals surface area contributed by atoms with Gasteiger partial charge in [0.15, 0.2) is 0 Å². The van der Waals surface area contributed by atoms with Gasteiger partial charge in [0.2, 0.25) is 5.24 Å². The van der Waals surface area contributed by atoms with E-state index >= 15 is 0 Å². The van der Waals surface area contributed by atoms with Gasteiger partial charge in [0.25, 0.3) is 0 Å². The molecular weight excluding hydrogens is 331 g/mol. The molecule has 1 nitrogen and oxygen atoms in total. The van der Waals surface area contributed by atoms with Crippen molar-refractivity contribution in [2.75, 3.05) is 0 Å². The van der Waals surface area contributed by atoms with Gasteiger partial charge in [-0.15, -0.1) is 0 Å². The van der Waals surface area contributed by atoms with Gasteiger partial charge in [-0.05, 0) is 32.9 Å². The molecule has 0 radical (unpaired) electrons. The molecule has 78 valence electrons. The third-order valence-electron chi connectivity index (χ3n) is 2.75. The third-order valence-corrected chi connectivity index (χ3v) is 5.19. The maximum Gasteiger partial charge on any atom is 0.225 e. The molecule has 0 spiro atoms. The summed E-state index contributed by atoms with van der Waals surface area (Å²) in [5.74, 6) is 0.0749. The van der Waals surface area contributed by atoms with Gasteiger partial charge in [-0.1, -0.05) is 42.4 Å². The Kier molecular flexibility index (Phi) is 3.66. The molecule has 1 aliphatic rings. The van der Waals surface area contributed by atoms with Gasteiger partial charge in [0.05, 0.1) is 0 Å². The van der Waals surface area contributed by atoms with E-state index in [1.807, 2.05) is 13.8 Å². The molecular formula is C10H11Br2ClO. The summed E-state index contributed by atoms with van der Waals surface area (Å²) in [5.41, 5.74) is -0.0559. The van der Waals surface area contributed by atoms with Crippen LogP contribution in [0.2, 0.25) is 0 Å². The lowest BCUT2D eigenvalue weighted by molar-refractivity contribution is -0.113. The summed E-state index contributed by atoms with van der Waals surface area (Å²) in [5, 5.41) is -0.263. The lowest BCUT2D eigenvalue weighted by atomic mass is 10.1. The Hall–Kier alpha value is 0.400. The molecule has 0 aromatic heterocycles. The highest BCUT2D eigenvalue weighted by Gasteiger charge is 2.62. The van der Waals surface area contributed by atoms with Gasteiger partial charge in [-0.25, -0.2) is 0 Å². The summed E-state index contributed by atoms with van der Waals surface area (Å²) in [4.78, 5) is 11.1. The normalized spacial score (nSPS) is 30.6. The van der Waals surface area contributed by atoms with Crippen molar-refractivity contribution in [1.29, 1.82) is 0 Å². The fourth-order valence-corrected chi connectivity index (χ4v) is 3.45. The number of hydrogen-bond donors (Lipinski definition) is 0. The average Bonchev–Trinajstić information content (AvgIpc) is 2.66. The number of carbonyl (C=O) groups excluding carboxylic acids is 1. The highest BCUT2D eigenvalue weighted by Crippen LogP contribution is 2.64. The fourth-order valence-electron chi connectivity index (χ4n) is 1.78. The molecule has 0 saturated heterocycles. The van der Waals surface area contributed by atoms with Crippen molar-refractivity contribution in [2.24, 2.45) is 17.3 Å². The van der Waals surface area contributed by atoms with E-state index in [1.165, 1.54) is 0 Å². The largest absolute Gasteiger partial charge is 0.281 e. The zero-order valence-corrected chi connectivity index (χ0v) is 11.9. The van der Waals surface area contributed by atoms with Crippen molar-refractivity contribution < 1.29 is 4.79 Å². The zero-order valence-electron chi connectivity index (χ0n) is 7.98. The molecule has 0 N–H and O–H groups in total. The van der Waals surface area contributed by atoms with Crippen LogP contribution in [0, 0.1) is 17.3 Å². The Morgan fingerprint density at radius 2 is 1.93 bits per heavy atom. The Morgan fingerprint density at radius 3 is 2.21 bits per heavy atom. The van der Waals surface area contributed by atoms with Crippen LogP contribution < -0.4 is 0 Å². The third kappa shape index (κ3) is 2.00. The van der Waals surface area contributed by atoms with Crippen LogP contribution in [0.3, 0.4) is 0 Å². The summed E-state index contributed by atoms with van der Waals surface area (Å²) >= 11 is 12.4. The molecule has 14 heavy (non-hydrogen) atoms. The monoisotopic (exact) mass is 340 g/mol. The van der Waals surface area contributed by atoms with Crippen molar-refractivity contribution in [1.82, 2.24) is 0 Å². The van der Waals surface area contributed by atoms with Crippen molar-refractivity contribution in [2.45, 2.75) is 13.8 Å². The Labute approximate surface area is 106 Å². The first-order chi connectivity index (χ1) is 6.34. The van der Waals surface area contributed by atoms with Gasteiger partial charge in [0, 0.05) is 20.8 Å². The van der Waals surface area contributed by atoms with Crippen LogP contribution in [0.4, 0.5) is 0 Å². The second-order valence-corrected chi connectivity index (χ2v) is 6.06. The van der Waals surface area contributed by atoms with Crippen LogP contribution in [0.1, 0.15) is 13.8 Å². The first-order valence-corrected chi connectivity index (χ1v) is 6.17. The quantitative estimate of drug-likeness (QED) is 0.555. The van der Waals surface area contributed by atoms with Crippen LogP contribution in [0.15, 0.2) is 21.6 Å². The summed E-state index contributed by atoms with van der Waals surface area (Å²) in [7, 11) is 0. The van der Waals surface area contributed by atoms with Crippen molar-refractivity contribution in [3.63, 3.8) is 0 Å². The second kappa shape index (κ2) is 4.11. The molecule has 1 rings (SSSR count). The summed E-state index contributed by atoms with van der Waals surface area (Å²) < 4.78 is 1.85. The Morgan fingerprint density at radius 1 is 1.43 bits per heavy atom. The maximum absolute atomic E-state index is 11.1. The number of halogens is 3. The molecule has 1 aliphatic carbocycles. The Bertz CT molecular complexity index is 320. The van der Waals surface area contributed by atoms with Crippen LogP contribution in [-0.4, -0.2) is 5.24 Å². The number of carbonyl (C=O) groups is 1. The smallest absolute Gasteiger partial charge is 0.225 e. The minimum atomic E-state index is -0.263. The number of rotatable bonds is 3. The summed E-state index contributed by atoms with van der Waals surface area (Å²) in [6.07, 6.45) is 1.70. The van der Waals surface area contributed by atoms with Crippen molar-refractivity contribution in [3.8, 4) is 0 Å². The van der Waals surface area contributed by atoms with E-state index < -0.39 is 0 Å². The molecule has 0 heterocycles. The minimum absolute atomic E-state index is 0.0559. The highest BCUT2D eigenvalue weighted by molar-refractivity contribution is 9.14. The predicted octanol–water partition coefficient (Wildman–Crippen LogP) is 4.21. The highest BCUT2D eigenvalue weighted by atomic mass is 79.9. The number of allylic oxidation sites excluding steroid dienone is 3. The lowest BCUT2D eigenvalue weighted by Crippen LogP contribution is -1.96. The topological polar surface area (TPSA) is 17.1 Å². The molecule has 4 heteroatoms. The van der Waals surface area contributed by atoms with Crippen molar-refractivity contribution >= 4 is 48.7 Å². The molecule has 2 unspecified atom stereocenters. The van der Waals surface area contributed by atoms with Gasteiger partial charge in [-0.2, -0.15) is 0 Å². The van der Waals surface area contributed by atoms with Gasteiger partial charge < -0.3 is 0 Å². The van der Waals surface area contributed by atoms with E-state index in [0.717, 1.165) is 8.96 Å². The van der Waals surface area contributed by atoms with Crippen LogP contribution in [0.5, 0.6) is 0 Å². The first kappa shape index (κ1) is 12.5. The number of hydrogen-bond acceptors (Lipinski definition) is 1. The van der Waals surface area contributed by atoms with Gasteiger partial charge in [-0.3, -0.25) is 4.79 Å². The average molecular weight is 342 g/mol. The van der Waals surface area contributed by atoms with Gasteiger partial charge >= 0.3 is 0 Å². The fraction of sp³-hybridized carbons (Fsp3) is 0.500. The molecule has 0 bridgehead atoms. The van der Waals surface area contributed by atoms with Crippen LogP contribution in [-0.2, 0) is 4.79 Å². The molecule has 2 atom stereocenters. The van der Waals surface area contributed by atoms with E-state index in [9.17, 15) is 4.79 Å². The molecule has 1 saturated carbocycles. The van der Waals surface area contributed by atoms with E-state index in [4.69, 9.17) is 11.6 Å². The lowest BCUT2D eigenvalue weighted by Gasteiger charge is -2.02. The van der Waals surface area contributed by atoms with E-state index in [0.29, 0.717) is 0 Å².